The number of rotatable bonds is 2. The molecule has 0 amide bonds. The van der Waals surface area contributed by atoms with E-state index < -0.39 is 0 Å². The SMILES string of the molecule is CC(C)C1CCC(c2nc(Cl)c(I)c(Cl)n2)CC1. The highest BCUT2D eigenvalue weighted by Crippen LogP contribution is 2.38. The summed E-state index contributed by atoms with van der Waals surface area (Å²) in [7, 11) is 0. The van der Waals surface area contributed by atoms with Gasteiger partial charge in [0.05, 0.1) is 3.57 Å². The molecule has 0 spiro atoms. The van der Waals surface area contributed by atoms with Crippen molar-refractivity contribution in [1.82, 2.24) is 9.97 Å². The van der Waals surface area contributed by atoms with Crippen LogP contribution in [0, 0.1) is 15.4 Å². The molecule has 0 bridgehead atoms. The fraction of sp³-hybridized carbons (Fsp3) is 0.692. The minimum atomic E-state index is 0.423. The Kier molecular flexibility index (Phi) is 5.12. The van der Waals surface area contributed by atoms with Gasteiger partial charge in [-0.1, -0.05) is 37.0 Å². The summed E-state index contributed by atoms with van der Waals surface area (Å²) in [5.74, 6) is 2.87. The lowest BCUT2D eigenvalue weighted by Gasteiger charge is -2.30. The van der Waals surface area contributed by atoms with E-state index in [1.807, 2.05) is 0 Å². The molecule has 100 valence electrons. The van der Waals surface area contributed by atoms with Crippen LogP contribution in [0.4, 0.5) is 0 Å². The zero-order valence-electron chi connectivity index (χ0n) is 10.6. The Hall–Kier alpha value is 0.390. The van der Waals surface area contributed by atoms with Gasteiger partial charge in [0.1, 0.15) is 16.1 Å². The third-order valence-corrected chi connectivity index (χ3v) is 6.07. The summed E-state index contributed by atoms with van der Waals surface area (Å²) in [5, 5.41) is 0.966. The van der Waals surface area contributed by atoms with E-state index in [2.05, 4.69) is 46.4 Å². The van der Waals surface area contributed by atoms with Gasteiger partial charge >= 0.3 is 0 Å². The Balaban J connectivity index is 2.10. The Morgan fingerprint density at radius 2 is 1.56 bits per heavy atom. The molecule has 0 unspecified atom stereocenters. The minimum absolute atomic E-state index is 0.423. The van der Waals surface area contributed by atoms with E-state index in [1.165, 1.54) is 12.8 Å². The molecule has 1 heterocycles. The van der Waals surface area contributed by atoms with Crippen LogP contribution in [0.3, 0.4) is 0 Å². The van der Waals surface area contributed by atoms with Crippen molar-refractivity contribution in [3.8, 4) is 0 Å². The van der Waals surface area contributed by atoms with Crippen LogP contribution in [0.5, 0.6) is 0 Å². The van der Waals surface area contributed by atoms with E-state index >= 15 is 0 Å². The molecule has 1 aromatic heterocycles. The monoisotopic (exact) mass is 398 g/mol. The number of aromatic nitrogens is 2. The van der Waals surface area contributed by atoms with Gasteiger partial charge in [0, 0.05) is 5.92 Å². The fourth-order valence-corrected chi connectivity index (χ4v) is 3.28. The Bertz CT molecular complexity index is 406. The lowest BCUT2D eigenvalue weighted by atomic mass is 9.77. The second-order valence-corrected chi connectivity index (χ2v) is 7.13. The summed E-state index contributed by atoms with van der Waals surface area (Å²) >= 11 is 14.2. The van der Waals surface area contributed by atoms with E-state index in [4.69, 9.17) is 23.2 Å². The first-order valence-corrected chi connectivity index (χ1v) is 8.21. The van der Waals surface area contributed by atoms with Gasteiger partial charge < -0.3 is 0 Å². The smallest absolute Gasteiger partial charge is 0.147 e. The number of nitrogens with zero attached hydrogens (tertiary/aromatic N) is 2. The van der Waals surface area contributed by atoms with Gasteiger partial charge in [-0.3, -0.25) is 0 Å². The molecular formula is C13H17Cl2IN2. The van der Waals surface area contributed by atoms with Crippen LogP contribution in [0.2, 0.25) is 10.3 Å². The summed E-state index contributed by atoms with van der Waals surface area (Å²) in [4.78, 5) is 8.78. The lowest BCUT2D eigenvalue weighted by molar-refractivity contribution is 0.254. The van der Waals surface area contributed by atoms with E-state index in [0.717, 1.165) is 34.1 Å². The molecule has 1 aliphatic carbocycles. The highest BCUT2D eigenvalue weighted by atomic mass is 127. The van der Waals surface area contributed by atoms with Gasteiger partial charge in [-0.15, -0.1) is 0 Å². The van der Waals surface area contributed by atoms with Crippen LogP contribution >= 0.6 is 45.8 Å². The molecule has 2 rings (SSSR count). The Labute approximate surface area is 132 Å². The maximum atomic E-state index is 6.07. The molecule has 5 heteroatoms. The first-order valence-electron chi connectivity index (χ1n) is 6.37. The van der Waals surface area contributed by atoms with Crippen LogP contribution < -0.4 is 0 Å². The fourth-order valence-electron chi connectivity index (χ4n) is 2.64. The number of hydrogen-bond acceptors (Lipinski definition) is 2. The third kappa shape index (κ3) is 3.28. The normalized spacial score (nSPS) is 24.6. The van der Waals surface area contributed by atoms with Crippen LogP contribution in [0.1, 0.15) is 51.3 Å². The maximum Gasteiger partial charge on any atom is 0.147 e. The van der Waals surface area contributed by atoms with Gasteiger partial charge in [0.2, 0.25) is 0 Å². The van der Waals surface area contributed by atoms with Crippen molar-refractivity contribution >= 4 is 45.8 Å². The largest absolute Gasteiger partial charge is 0.220 e. The molecule has 0 aromatic carbocycles. The molecule has 0 atom stereocenters. The summed E-state index contributed by atoms with van der Waals surface area (Å²) in [5.41, 5.74) is 0. The Morgan fingerprint density at radius 3 is 2.00 bits per heavy atom. The molecule has 1 aliphatic rings. The minimum Gasteiger partial charge on any atom is -0.220 e. The zero-order valence-corrected chi connectivity index (χ0v) is 14.3. The average molecular weight is 399 g/mol. The number of hydrogen-bond donors (Lipinski definition) is 0. The lowest BCUT2D eigenvalue weighted by Crippen LogP contribution is -2.19. The molecule has 0 N–H and O–H groups in total. The first-order chi connectivity index (χ1) is 8.49. The van der Waals surface area contributed by atoms with Crippen molar-refractivity contribution < 1.29 is 0 Å². The van der Waals surface area contributed by atoms with Crippen molar-refractivity contribution in [2.45, 2.75) is 45.4 Å². The highest BCUT2D eigenvalue weighted by Gasteiger charge is 2.26. The third-order valence-electron chi connectivity index (χ3n) is 3.87. The molecule has 1 fully saturated rings. The van der Waals surface area contributed by atoms with Gasteiger partial charge in [-0.05, 0) is 60.1 Å². The van der Waals surface area contributed by atoms with Crippen molar-refractivity contribution in [3.05, 3.63) is 19.7 Å². The summed E-state index contributed by atoms with van der Waals surface area (Å²) < 4.78 is 0.746. The van der Waals surface area contributed by atoms with Crippen molar-refractivity contribution in [2.75, 3.05) is 0 Å². The second-order valence-electron chi connectivity index (χ2n) is 5.33. The van der Waals surface area contributed by atoms with Gasteiger partial charge in [-0.2, -0.15) is 0 Å². The number of halogens is 3. The van der Waals surface area contributed by atoms with E-state index in [9.17, 15) is 0 Å². The van der Waals surface area contributed by atoms with Crippen LogP contribution in [-0.2, 0) is 0 Å². The standard InChI is InChI=1S/C13H17Cl2IN2/c1-7(2)8-3-5-9(6-4-8)13-17-11(14)10(16)12(15)18-13/h7-9H,3-6H2,1-2H3. The van der Waals surface area contributed by atoms with Crippen molar-refractivity contribution in [3.63, 3.8) is 0 Å². The predicted molar refractivity (Wildman–Crippen MR) is 84.3 cm³/mol. The molecule has 0 saturated heterocycles. The molecular weight excluding hydrogens is 382 g/mol. The second kappa shape index (κ2) is 6.23. The maximum absolute atomic E-state index is 6.07. The quantitative estimate of drug-likeness (QED) is 0.497. The van der Waals surface area contributed by atoms with E-state index in [-0.39, 0.29) is 0 Å². The summed E-state index contributed by atoms with van der Waals surface area (Å²) in [6, 6.07) is 0. The zero-order chi connectivity index (χ0) is 13.3. The summed E-state index contributed by atoms with van der Waals surface area (Å²) in [6.45, 7) is 4.61. The van der Waals surface area contributed by atoms with E-state index in [0.29, 0.717) is 16.2 Å². The topological polar surface area (TPSA) is 25.8 Å². The van der Waals surface area contributed by atoms with Gasteiger partial charge in [0.25, 0.3) is 0 Å². The predicted octanol–water partition coefficient (Wildman–Crippen LogP) is 5.32. The average Bonchev–Trinajstić information content (AvgIpc) is 2.35. The summed E-state index contributed by atoms with van der Waals surface area (Å²) in [6.07, 6.45) is 4.81. The van der Waals surface area contributed by atoms with Crippen LogP contribution in [-0.4, -0.2) is 9.97 Å². The Morgan fingerprint density at radius 1 is 1.06 bits per heavy atom. The molecule has 1 aromatic rings. The van der Waals surface area contributed by atoms with Crippen molar-refractivity contribution in [2.24, 2.45) is 11.8 Å². The van der Waals surface area contributed by atoms with Crippen molar-refractivity contribution in [1.29, 1.82) is 0 Å². The molecule has 0 aliphatic heterocycles. The molecule has 18 heavy (non-hydrogen) atoms. The highest BCUT2D eigenvalue weighted by molar-refractivity contribution is 14.1. The van der Waals surface area contributed by atoms with Crippen LogP contribution in [0.15, 0.2) is 0 Å². The molecule has 0 radical (unpaired) electrons. The molecule has 1 saturated carbocycles. The van der Waals surface area contributed by atoms with Gasteiger partial charge in [-0.25, -0.2) is 9.97 Å². The van der Waals surface area contributed by atoms with Gasteiger partial charge in [0.15, 0.2) is 0 Å². The molecule has 2 nitrogen and oxygen atoms in total. The van der Waals surface area contributed by atoms with Crippen LogP contribution in [0.25, 0.3) is 0 Å². The first kappa shape index (κ1) is 14.8. The van der Waals surface area contributed by atoms with E-state index in [1.54, 1.807) is 0 Å².